The van der Waals surface area contributed by atoms with E-state index in [4.69, 9.17) is 5.73 Å². The highest BCUT2D eigenvalue weighted by molar-refractivity contribution is 7.99. The Morgan fingerprint density at radius 1 is 1.18 bits per heavy atom. The number of aromatic nitrogens is 2. The van der Waals surface area contributed by atoms with E-state index in [0.29, 0.717) is 5.82 Å². The van der Waals surface area contributed by atoms with Crippen LogP contribution < -0.4 is 5.73 Å². The van der Waals surface area contributed by atoms with E-state index in [2.05, 4.69) is 41.4 Å². The molecule has 0 fully saturated rings. The summed E-state index contributed by atoms with van der Waals surface area (Å²) < 4.78 is 0. The Balaban J connectivity index is 2.30. The summed E-state index contributed by atoms with van der Waals surface area (Å²) in [6, 6.07) is 10.3. The largest absolute Gasteiger partial charge is 0.382 e. The zero-order valence-electron chi connectivity index (χ0n) is 9.97. The van der Waals surface area contributed by atoms with Crippen molar-refractivity contribution in [3.63, 3.8) is 0 Å². The minimum atomic E-state index is 0.493. The summed E-state index contributed by atoms with van der Waals surface area (Å²) in [5.41, 5.74) is 8.55. The summed E-state index contributed by atoms with van der Waals surface area (Å²) in [6.07, 6.45) is 0. The number of nitrogens with zero attached hydrogens (tertiary/aromatic N) is 2. The molecular weight excluding hydrogens is 230 g/mol. The van der Waals surface area contributed by atoms with Gasteiger partial charge in [0.05, 0.1) is 5.69 Å². The Hall–Kier alpha value is -1.55. The van der Waals surface area contributed by atoms with Crippen LogP contribution in [0.3, 0.4) is 0 Å². The van der Waals surface area contributed by atoms with Crippen molar-refractivity contribution in [3.8, 4) is 11.3 Å². The van der Waals surface area contributed by atoms with E-state index >= 15 is 0 Å². The first-order valence-corrected chi connectivity index (χ1v) is 6.52. The van der Waals surface area contributed by atoms with Gasteiger partial charge in [0.15, 0.2) is 0 Å². The van der Waals surface area contributed by atoms with Gasteiger partial charge in [-0.1, -0.05) is 19.1 Å². The maximum Gasteiger partial charge on any atom is 0.149 e. The number of nitrogen functional groups attached to an aromatic ring is 1. The summed E-state index contributed by atoms with van der Waals surface area (Å²) in [5.74, 6) is 1.58. The van der Waals surface area contributed by atoms with Gasteiger partial charge in [-0.25, -0.2) is 0 Å². The average molecular weight is 245 g/mol. The molecule has 2 aromatic rings. The molecule has 0 spiro atoms. The van der Waals surface area contributed by atoms with Crippen LogP contribution in [0.2, 0.25) is 0 Å². The Kier molecular flexibility index (Phi) is 3.64. The van der Waals surface area contributed by atoms with Crippen molar-refractivity contribution in [3.05, 3.63) is 35.9 Å². The second-order valence-corrected chi connectivity index (χ2v) is 5.09. The Bertz CT molecular complexity index is 509. The molecule has 0 aliphatic heterocycles. The standard InChI is InChI=1S/C13H15N3S/c1-3-17-11-6-4-10(5-7-11)12-8-9(2)13(14)16-15-12/h4-8H,3H2,1-2H3,(H2,14,16). The van der Waals surface area contributed by atoms with Gasteiger partial charge in [-0.05, 0) is 36.4 Å². The Morgan fingerprint density at radius 2 is 1.88 bits per heavy atom. The first-order chi connectivity index (χ1) is 8.20. The van der Waals surface area contributed by atoms with Crippen molar-refractivity contribution in [1.29, 1.82) is 0 Å². The zero-order valence-corrected chi connectivity index (χ0v) is 10.8. The monoisotopic (exact) mass is 245 g/mol. The lowest BCUT2D eigenvalue weighted by Crippen LogP contribution is -1.97. The van der Waals surface area contributed by atoms with Gasteiger partial charge in [-0.2, -0.15) is 0 Å². The zero-order chi connectivity index (χ0) is 12.3. The number of benzene rings is 1. The number of anilines is 1. The molecule has 17 heavy (non-hydrogen) atoms. The highest BCUT2D eigenvalue weighted by Gasteiger charge is 2.03. The molecule has 0 unspecified atom stereocenters. The van der Waals surface area contributed by atoms with E-state index in [-0.39, 0.29) is 0 Å². The first-order valence-electron chi connectivity index (χ1n) is 5.53. The van der Waals surface area contributed by atoms with Crippen LogP contribution in [0.4, 0.5) is 5.82 Å². The van der Waals surface area contributed by atoms with E-state index in [1.54, 1.807) is 0 Å². The summed E-state index contributed by atoms with van der Waals surface area (Å²) in [7, 11) is 0. The molecule has 1 heterocycles. The van der Waals surface area contributed by atoms with Gasteiger partial charge >= 0.3 is 0 Å². The van der Waals surface area contributed by atoms with Crippen LogP contribution >= 0.6 is 11.8 Å². The third kappa shape index (κ3) is 2.77. The molecule has 0 saturated carbocycles. The van der Waals surface area contributed by atoms with Crippen molar-refractivity contribution < 1.29 is 0 Å². The highest BCUT2D eigenvalue weighted by atomic mass is 32.2. The quantitative estimate of drug-likeness (QED) is 0.844. The van der Waals surface area contributed by atoms with Crippen molar-refractivity contribution in [2.45, 2.75) is 18.7 Å². The van der Waals surface area contributed by atoms with Crippen LogP contribution in [0.5, 0.6) is 0 Å². The van der Waals surface area contributed by atoms with E-state index in [9.17, 15) is 0 Å². The molecule has 4 heteroatoms. The molecule has 0 amide bonds. The second-order valence-electron chi connectivity index (χ2n) is 3.76. The lowest BCUT2D eigenvalue weighted by Gasteiger charge is -2.04. The van der Waals surface area contributed by atoms with Crippen molar-refractivity contribution in [1.82, 2.24) is 10.2 Å². The van der Waals surface area contributed by atoms with Crippen LogP contribution in [0, 0.1) is 6.92 Å². The first kappa shape index (κ1) is 11.9. The van der Waals surface area contributed by atoms with E-state index in [1.165, 1.54) is 4.90 Å². The Morgan fingerprint density at radius 3 is 2.47 bits per heavy atom. The number of thioether (sulfide) groups is 1. The van der Waals surface area contributed by atoms with E-state index in [0.717, 1.165) is 22.6 Å². The maximum atomic E-state index is 5.65. The molecule has 2 rings (SSSR count). The molecule has 0 atom stereocenters. The third-order valence-electron chi connectivity index (χ3n) is 2.48. The predicted octanol–water partition coefficient (Wildman–Crippen LogP) is 3.15. The molecule has 2 N–H and O–H groups in total. The fraction of sp³-hybridized carbons (Fsp3) is 0.231. The summed E-state index contributed by atoms with van der Waals surface area (Å²) >= 11 is 1.83. The van der Waals surface area contributed by atoms with Crippen molar-refractivity contribution >= 4 is 17.6 Å². The highest BCUT2D eigenvalue weighted by Crippen LogP contribution is 2.23. The van der Waals surface area contributed by atoms with Gasteiger partial charge < -0.3 is 5.73 Å². The van der Waals surface area contributed by atoms with Gasteiger partial charge in [-0.3, -0.25) is 0 Å². The molecule has 0 radical (unpaired) electrons. The van der Waals surface area contributed by atoms with E-state index < -0.39 is 0 Å². The molecule has 1 aromatic carbocycles. The van der Waals surface area contributed by atoms with Crippen LogP contribution in [0.15, 0.2) is 35.2 Å². The summed E-state index contributed by atoms with van der Waals surface area (Å²) in [6.45, 7) is 4.09. The minimum Gasteiger partial charge on any atom is -0.382 e. The fourth-order valence-corrected chi connectivity index (χ4v) is 2.19. The topological polar surface area (TPSA) is 51.8 Å². The number of nitrogens with two attached hydrogens (primary N) is 1. The van der Waals surface area contributed by atoms with Crippen molar-refractivity contribution in [2.75, 3.05) is 11.5 Å². The van der Waals surface area contributed by atoms with E-state index in [1.807, 2.05) is 24.8 Å². The third-order valence-corrected chi connectivity index (χ3v) is 3.38. The molecule has 0 bridgehead atoms. The normalized spacial score (nSPS) is 10.5. The van der Waals surface area contributed by atoms with Crippen LogP contribution in [0.1, 0.15) is 12.5 Å². The molecule has 88 valence electrons. The van der Waals surface area contributed by atoms with Crippen LogP contribution in [-0.4, -0.2) is 16.0 Å². The molecule has 0 saturated heterocycles. The molecule has 1 aromatic heterocycles. The molecular formula is C13H15N3S. The van der Waals surface area contributed by atoms with Gasteiger partial charge in [0.2, 0.25) is 0 Å². The lowest BCUT2D eigenvalue weighted by molar-refractivity contribution is 1.03. The molecule has 0 aliphatic rings. The van der Waals surface area contributed by atoms with Crippen LogP contribution in [-0.2, 0) is 0 Å². The number of aryl methyl sites for hydroxylation is 1. The molecule has 0 aliphatic carbocycles. The fourth-order valence-electron chi connectivity index (χ4n) is 1.52. The second kappa shape index (κ2) is 5.19. The lowest BCUT2D eigenvalue weighted by atomic mass is 10.1. The summed E-state index contributed by atoms with van der Waals surface area (Å²) in [4.78, 5) is 1.27. The summed E-state index contributed by atoms with van der Waals surface area (Å²) in [5, 5.41) is 8.04. The van der Waals surface area contributed by atoms with Gasteiger partial charge in [0, 0.05) is 10.5 Å². The van der Waals surface area contributed by atoms with Gasteiger partial charge in [0.1, 0.15) is 5.82 Å². The van der Waals surface area contributed by atoms with Gasteiger partial charge in [0.25, 0.3) is 0 Å². The predicted molar refractivity (Wildman–Crippen MR) is 73.0 cm³/mol. The number of rotatable bonds is 3. The maximum absolute atomic E-state index is 5.65. The smallest absolute Gasteiger partial charge is 0.149 e. The van der Waals surface area contributed by atoms with Gasteiger partial charge in [-0.15, -0.1) is 22.0 Å². The number of hydrogen-bond donors (Lipinski definition) is 1. The van der Waals surface area contributed by atoms with Crippen LogP contribution in [0.25, 0.3) is 11.3 Å². The Labute approximate surface area is 105 Å². The molecule has 3 nitrogen and oxygen atoms in total. The van der Waals surface area contributed by atoms with Crippen molar-refractivity contribution in [2.24, 2.45) is 0 Å². The number of hydrogen-bond acceptors (Lipinski definition) is 4. The SMILES string of the molecule is CCSc1ccc(-c2cc(C)c(N)nn2)cc1. The minimum absolute atomic E-state index is 0.493. The average Bonchev–Trinajstić information content (AvgIpc) is 2.34.